The van der Waals surface area contributed by atoms with Crippen LogP contribution in [0, 0.1) is 0 Å². The molecular formula is C27H29N3O4. The first-order valence-corrected chi connectivity index (χ1v) is 12.0. The molecule has 5 rings (SSSR count). The molecule has 2 saturated heterocycles. The van der Waals surface area contributed by atoms with Gasteiger partial charge in [-0.2, -0.15) is 0 Å². The molecule has 0 aliphatic carbocycles. The Labute approximate surface area is 199 Å². The number of nitrogens with zero attached hydrogens (tertiary/aromatic N) is 2. The van der Waals surface area contributed by atoms with Crippen molar-refractivity contribution < 1.29 is 19.2 Å². The number of amides is 3. The van der Waals surface area contributed by atoms with Crippen molar-refractivity contribution in [2.24, 2.45) is 0 Å². The minimum Gasteiger partial charge on any atom is -0.322 e. The lowest BCUT2D eigenvalue weighted by Crippen LogP contribution is -2.52. The Bertz CT molecular complexity index is 1120. The minimum atomic E-state index is -0.572. The standard InChI is InChI=1S/C27H29N3O4/c31-14-11-18-1-3-19(4-2-18)16-29-12-9-20(10-13-29)21-5-6-23-22(15-21)17-30(27(23)34)24-7-8-25(32)28-26(24)33/h1-6,14-15,20,24H,7-13,16-17H2,(H,28,32,33). The predicted molar refractivity (Wildman–Crippen MR) is 126 cm³/mol. The molecule has 0 aromatic heterocycles. The highest BCUT2D eigenvalue weighted by atomic mass is 16.2. The third kappa shape index (κ3) is 4.53. The van der Waals surface area contributed by atoms with Crippen LogP contribution in [0.4, 0.5) is 0 Å². The molecule has 1 atom stereocenters. The highest BCUT2D eigenvalue weighted by Crippen LogP contribution is 2.34. The third-order valence-corrected chi connectivity index (χ3v) is 7.35. The fourth-order valence-electron chi connectivity index (χ4n) is 5.41. The fourth-order valence-corrected chi connectivity index (χ4v) is 5.41. The van der Waals surface area contributed by atoms with E-state index in [-0.39, 0.29) is 24.1 Å². The van der Waals surface area contributed by atoms with Gasteiger partial charge >= 0.3 is 0 Å². The Balaban J connectivity index is 1.19. The summed E-state index contributed by atoms with van der Waals surface area (Å²) in [5.41, 5.74) is 5.21. The first-order valence-electron chi connectivity index (χ1n) is 12.0. The van der Waals surface area contributed by atoms with Gasteiger partial charge in [-0.3, -0.25) is 24.6 Å². The third-order valence-electron chi connectivity index (χ3n) is 7.35. The summed E-state index contributed by atoms with van der Waals surface area (Å²) in [6, 6.07) is 13.8. The number of likely N-dealkylation sites (tertiary alicyclic amines) is 1. The van der Waals surface area contributed by atoms with Crippen LogP contribution in [0.1, 0.15) is 64.2 Å². The molecule has 0 radical (unpaired) electrons. The van der Waals surface area contributed by atoms with Crippen molar-refractivity contribution in [1.29, 1.82) is 0 Å². The number of aldehydes is 1. The SMILES string of the molecule is O=CCc1ccc(CN2CCC(c3ccc4c(c3)CN(C3CCC(=O)NC3=O)C4=O)CC2)cc1. The molecule has 1 unspecified atom stereocenters. The van der Waals surface area contributed by atoms with E-state index in [0.29, 0.717) is 30.9 Å². The van der Waals surface area contributed by atoms with E-state index in [4.69, 9.17) is 0 Å². The van der Waals surface area contributed by atoms with Gasteiger partial charge in [0.05, 0.1) is 0 Å². The molecule has 3 heterocycles. The topological polar surface area (TPSA) is 86.8 Å². The van der Waals surface area contributed by atoms with Gasteiger partial charge in [-0.15, -0.1) is 0 Å². The first-order chi connectivity index (χ1) is 16.5. The van der Waals surface area contributed by atoms with Crippen LogP contribution in [-0.4, -0.2) is 52.9 Å². The van der Waals surface area contributed by atoms with Gasteiger partial charge < -0.3 is 9.69 Å². The number of piperidine rings is 2. The molecule has 0 bridgehead atoms. The van der Waals surface area contributed by atoms with Crippen molar-refractivity contribution in [2.45, 2.75) is 57.2 Å². The van der Waals surface area contributed by atoms with Crippen LogP contribution in [0.3, 0.4) is 0 Å². The molecule has 3 aliphatic rings. The van der Waals surface area contributed by atoms with E-state index >= 15 is 0 Å². The second kappa shape index (κ2) is 9.50. The van der Waals surface area contributed by atoms with Crippen molar-refractivity contribution >= 4 is 24.0 Å². The number of imide groups is 1. The molecule has 3 amide bonds. The summed E-state index contributed by atoms with van der Waals surface area (Å²) in [6.07, 6.45) is 4.17. The summed E-state index contributed by atoms with van der Waals surface area (Å²) in [7, 11) is 0. The van der Waals surface area contributed by atoms with Crippen LogP contribution in [0.15, 0.2) is 42.5 Å². The fraction of sp³-hybridized carbons (Fsp3) is 0.407. The zero-order valence-corrected chi connectivity index (χ0v) is 19.2. The quantitative estimate of drug-likeness (QED) is 0.530. The number of carbonyl (C=O) groups excluding carboxylic acids is 4. The molecule has 3 aliphatic heterocycles. The number of hydrogen-bond acceptors (Lipinski definition) is 5. The van der Waals surface area contributed by atoms with Crippen molar-refractivity contribution in [1.82, 2.24) is 15.1 Å². The summed E-state index contributed by atoms with van der Waals surface area (Å²) >= 11 is 0. The highest BCUT2D eigenvalue weighted by molar-refractivity contribution is 6.05. The lowest BCUT2D eigenvalue weighted by atomic mass is 9.87. The number of carbonyl (C=O) groups is 4. The molecule has 2 aromatic carbocycles. The van der Waals surface area contributed by atoms with E-state index in [1.54, 1.807) is 4.90 Å². The lowest BCUT2D eigenvalue weighted by molar-refractivity contribution is -0.136. The van der Waals surface area contributed by atoms with Gasteiger partial charge in [0.1, 0.15) is 12.3 Å². The average molecular weight is 460 g/mol. The van der Waals surface area contributed by atoms with Gasteiger partial charge in [0, 0.05) is 31.5 Å². The van der Waals surface area contributed by atoms with E-state index in [9.17, 15) is 19.2 Å². The van der Waals surface area contributed by atoms with Gasteiger partial charge in [0.25, 0.3) is 5.91 Å². The Morgan fingerprint density at radius 2 is 1.68 bits per heavy atom. The molecule has 0 saturated carbocycles. The smallest absolute Gasteiger partial charge is 0.255 e. The van der Waals surface area contributed by atoms with E-state index in [1.165, 1.54) is 11.1 Å². The van der Waals surface area contributed by atoms with E-state index in [0.717, 1.165) is 49.9 Å². The van der Waals surface area contributed by atoms with Crippen molar-refractivity contribution in [3.05, 3.63) is 70.3 Å². The molecule has 2 fully saturated rings. The summed E-state index contributed by atoms with van der Waals surface area (Å²) in [4.78, 5) is 51.4. The first kappa shape index (κ1) is 22.5. The molecule has 34 heavy (non-hydrogen) atoms. The summed E-state index contributed by atoms with van der Waals surface area (Å²) in [5.74, 6) is -0.307. The van der Waals surface area contributed by atoms with Crippen LogP contribution in [0.5, 0.6) is 0 Å². The van der Waals surface area contributed by atoms with Crippen LogP contribution in [-0.2, 0) is 33.9 Å². The molecular weight excluding hydrogens is 430 g/mol. The maximum absolute atomic E-state index is 12.9. The van der Waals surface area contributed by atoms with E-state index in [1.807, 2.05) is 18.2 Å². The number of fused-ring (bicyclic) bond motifs is 1. The zero-order chi connectivity index (χ0) is 23.7. The molecule has 0 spiro atoms. The number of hydrogen-bond donors (Lipinski definition) is 1. The van der Waals surface area contributed by atoms with Gasteiger partial charge in [0.15, 0.2) is 0 Å². The molecule has 7 nitrogen and oxygen atoms in total. The Hall–Kier alpha value is -3.32. The van der Waals surface area contributed by atoms with Gasteiger partial charge in [0.2, 0.25) is 11.8 Å². The second-order valence-corrected chi connectivity index (χ2v) is 9.55. The minimum absolute atomic E-state index is 0.120. The van der Waals surface area contributed by atoms with Crippen LogP contribution in [0.2, 0.25) is 0 Å². The van der Waals surface area contributed by atoms with Gasteiger partial charge in [-0.1, -0.05) is 36.4 Å². The maximum atomic E-state index is 12.9. The molecule has 2 aromatic rings. The largest absolute Gasteiger partial charge is 0.322 e. The molecule has 7 heteroatoms. The zero-order valence-electron chi connectivity index (χ0n) is 19.2. The number of benzene rings is 2. The number of rotatable bonds is 6. The second-order valence-electron chi connectivity index (χ2n) is 9.55. The molecule has 1 N–H and O–H groups in total. The van der Waals surface area contributed by atoms with Crippen LogP contribution in [0.25, 0.3) is 0 Å². The Kier molecular flexibility index (Phi) is 6.28. The Morgan fingerprint density at radius 3 is 2.38 bits per heavy atom. The highest BCUT2D eigenvalue weighted by Gasteiger charge is 2.39. The van der Waals surface area contributed by atoms with Crippen LogP contribution < -0.4 is 5.32 Å². The van der Waals surface area contributed by atoms with Crippen molar-refractivity contribution in [3.63, 3.8) is 0 Å². The van der Waals surface area contributed by atoms with E-state index < -0.39 is 6.04 Å². The molecule has 176 valence electrons. The summed E-state index contributed by atoms with van der Waals surface area (Å²) < 4.78 is 0. The van der Waals surface area contributed by atoms with Crippen molar-refractivity contribution in [2.75, 3.05) is 13.1 Å². The van der Waals surface area contributed by atoms with Gasteiger partial charge in [-0.05, 0) is 66.6 Å². The average Bonchev–Trinajstić information content (AvgIpc) is 3.16. The predicted octanol–water partition coefficient (Wildman–Crippen LogP) is 2.57. The maximum Gasteiger partial charge on any atom is 0.255 e. The summed E-state index contributed by atoms with van der Waals surface area (Å²) in [6.45, 7) is 3.36. The summed E-state index contributed by atoms with van der Waals surface area (Å²) in [5, 5.41) is 2.36. The number of nitrogens with one attached hydrogen (secondary N) is 1. The Morgan fingerprint density at radius 1 is 0.941 bits per heavy atom. The van der Waals surface area contributed by atoms with E-state index in [2.05, 4.69) is 34.5 Å². The van der Waals surface area contributed by atoms with Gasteiger partial charge in [-0.25, -0.2) is 0 Å². The van der Waals surface area contributed by atoms with Crippen LogP contribution >= 0.6 is 0 Å². The van der Waals surface area contributed by atoms with Crippen molar-refractivity contribution in [3.8, 4) is 0 Å². The normalized spacial score (nSPS) is 21.5. The monoisotopic (exact) mass is 459 g/mol. The lowest BCUT2D eigenvalue weighted by Gasteiger charge is -2.32.